The number of nitrogens with zero attached hydrogens (tertiary/aromatic N) is 2. The third kappa shape index (κ3) is 4.21. The SMILES string of the molecule is O=S1(=O)C[C@@H]2N=C(SCc3ccc(Br)cc3F)N(c3cc(Cl)cc(Cl)c3)[C@@H]2C1. The highest BCUT2D eigenvalue weighted by Gasteiger charge is 2.47. The third-order valence-corrected chi connectivity index (χ3v) is 8.25. The third-order valence-electron chi connectivity index (χ3n) is 4.60. The van der Waals surface area contributed by atoms with Gasteiger partial charge in [-0.1, -0.05) is 57.0 Å². The van der Waals surface area contributed by atoms with Crippen molar-refractivity contribution in [3.8, 4) is 0 Å². The summed E-state index contributed by atoms with van der Waals surface area (Å²) >= 11 is 16.9. The first kappa shape index (κ1) is 20.5. The van der Waals surface area contributed by atoms with Crippen LogP contribution in [0.25, 0.3) is 0 Å². The number of aliphatic imine (C=N–C) groups is 1. The Morgan fingerprint density at radius 1 is 1.18 bits per heavy atom. The zero-order chi connectivity index (χ0) is 20.1. The molecule has 2 aromatic carbocycles. The van der Waals surface area contributed by atoms with Gasteiger partial charge in [0.25, 0.3) is 0 Å². The molecule has 2 atom stereocenters. The fourth-order valence-corrected chi connectivity index (χ4v) is 7.20. The van der Waals surface area contributed by atoms with E-state index in [0.29, 0.717) is 36.7 Å². The van der Waals surface area contributed by atoms with Crippen molar-refractivity contribution in [2.45, 2.75) is 17.8 Å². The first-order valence-corrected chi connectivity index (χ1v) is 12.7. The largest absolute Gasteiger partial charge is 0.315 e. The Kier molecular flexibility index (Phi) is 5.70. The first-order valence-electron chi connectivity index (χ1n) is 8.32. The second kappa shape index (κ2) is 7.80. The zero-order valence-electron chi connectivity index (χ0n) is 14.3. The van der Waals surface area contributed by atoms with Gasteiger partial charge >= 0.3 is 0 Å². The van der Waals surface area contributed by atoms with E-state index in [4.69, 9.17) is 23.2 Å². The molecule has 0 saturated carbocycles. The fraction of sp³-hybridized carbons (Fsp3) is 0.278. The van der Waals surface area contributed by atoms with E-state index < -0.39 is 9.84 Å². The van der Waals surface area contributed by atoms with Crippen molar-refractivity contribution in [1.82, 2.24) is 0 Å². The minimum absolute atomic E-state index is 0.0131. The number of hydrogen-bond acceptors (Lipinski definition) is 5. The summed E-state index contributed by atoms with van der Waals surface area (Å²) in [6.45, 7) is 0. The number of amidine groups is 1. The molecule has 4 nitrogen and oxygen atoms in total. The normalized spacial score (nSPS) is 23.0. The van der Waals surface area contributed by atoms with Gasteiger partial charge in [-0.25, -0.2) is 12.8 Å². The van der Waals surface area contributed by atoms with Crippen LogP contribution in [0.3, 0.4) is 0 Å². The number of anilines is 1. The monoisotopic (exact) mass is 522 g/mol. The number of hydrogen-bond donors (Lipinski definition) is 0. The van der Waals surface area contributed by atoms with Crippen molar-refractivity contribution in [1.29, 1.82) is 0 Å². The van der Waals surface area contributed by atoms with Gasteiger partial charge in [0.15, 0.2) is 15.0 Å². The molecule has 0 amide bonds. The van der Waals surface area contributed by atoms with Gasteiger partial charge < -0.3 is 4.90 Å². The summed E-state index contributed by atoms with van der Waals surface area (Å²) < 4.78 is 39.1. The van der Waals surface area contributed by atoms with Crippen LogP contribution in [0.1, 0.15) is 5.56 Å². The van der Waals surface area contributed by atoms with E-state index in [1.54, 1.807) is 30.3 Å². The van der Waals surface area contributed by atoms with Crippen molar-refractivity contribution in [2.24, 2.45) is 4.99 Å². The Balaban J connectivity index is 1.65. The molecular weight excluding hydrogens is 510 g/mol. The Morgan fingerprint density at radius 2 is 1.89 bits per heavy atom. The summed E-state index contributed by atoms with van der Waals surface area (Å²) in [5, 5.41) is 1.55. The summed E-state index contributed by atoms with van der Waals surface area (Å²) in [6, 6.07) is 9.35. The highest BCUT2D eigenvalue weighted by molar-refractivity contribution is 9.10. The van der Waals surface area contributed by atoms with E-state index >= 15 is 0 Å². The van der Waals surface area contributed by atoms with E-state index in [2.05, 4.69) is 20.9 Å². The lowest BCUT2D eigenvalue weighted by molar-refractivity contribution is 0.601. The van der Waals surface area contributed by atoms with Crippen molar-refractivity contribution in [3.05, 3.63) is 62.3 Å². The standard InChI is InChI=1S/C18H14BrCl2FN2O2S2/c19-11-2-1-10(15(22)3-11)7-27-18-23-16-8-28(25,26)9-17(16)24(18)14-5-12(20)4-13(21)6-14/h1-6,16-17H,7-9H2/t16-,17+/m0/s1. The molecule has 2 aliphatic heterocycles. The first-order chi connectivity index (χ1) is 13.2. The second-order valence-electron chi connectivity index (χ2n) is 6.65. The summed E-state index contributed by atoms with van der Waals surface area (Å²) in [4.78, 5) is 6.50. The maximum Gasteiger partial charge on any atom is 0.164 e. The van der Waals surface area contributed by atoms with Crippen LogP contribution in [-0.2, 0) is 15.6 Å². The molecule has 1 saturated heterocycles. The highest BCUT2D eigenvalue weighted by atomic mass is 79.9. The smallest absolute Gasteiger partial charge is 0.164 e. The quantitative estimate of drug-likeness (QED) is 0.556. The number of rotatable bonds is 3. The zero-order valence-corrected chi connectivity index (χ0v) is 19.0. The molecule has 0 bridgehead atoms. The van der Waals surface area contributed by atoms with Crippen LogP contribution in [0.5, 0.6) is 0 Å². The molecule has 148 valence electrons. The Bertz CT molecular complexity index is 1060. The predicted octanol–water partition coefficient (Wildman–Crippen LogP) is 5.17. The second-order valence-corrected chi connectivity index (χ2v) is 11.5. The van der Waals surface area contributed by atoms with Crippen molar-refractivity contribution < 1.29 is 12.8 Å². The van der Waals surface area contributed by atoms with Crippen LogP contribution in [0.15, 0.2) is 45.9 Å². The van der Waals surface area contributed by atoms with Gasteiger partial charge in [0.1, 0.15) is 5.82 Å². The molecule has 0 spiro atoms. The molecule has 0 radical (unpaired) electrons. The lowest BCUT2D eigenvalue weighted by atomic mass is 10.1. The molecule has 2 heterocycles. The summed E-state index contributed by atoms with van der Waals surface area (Å²) in [6.07, 6.45) is 0. The van der Waals surface area contributed by atoms with E-state index in [1.165, 1.54) is 17.8 Å². The van der Waals surface area contributed by atoms with Crippen LogP contribution >= 0.6 is 50.9 Å². The maximum absolute atomic E-state index is 14.2. The highest BCUT2D eigenvalue weighted by Crippen LogP contribution is 2.38. The molecule has 4 rings (SSSR count). The molecule has 1 fully saturated rings. The minimum Gasteiger partial charge on any atom is -0.315 e. The van der Waals surface area contributed by atoms with Crippen molar-refractivity contribution in [3.63, 3.8) is 0 Å². The fourth-order valence-electron chi connectivity index (χ4n) is 3.39. The number of sulfone groups is 1. The summed E-state index contributed by atoms with van der Waals surface area (Å²) in [5.41, 5.74) is 1.23. The van der Waals surface area contributed by atoms with E-state index in [0.717, 1.165) is 0 Å². The van der Waals surface area contributed by atoms with Gasteiger partial charge in [-0.15, -0.1) is 0 Å². The average Bonchev–Trinajstić information content (AvgIpc) is 3.04. The Labute approximate surface area is 185 Å². The van der Waals surface area contributed by atoms with Gasteiger partial charge in [-0.05, 0) is 35.9 Å². The van der Waals surface area contributed by atoms with Gasteiger partial charge in [0.05, 0.1) is 23.6 Å². The average molecular weight is 524 g/mol. The molecule has 2 aromatic rings. The maximum atomic E-state index is 14.2. The molecule has 2 aliphatic rings. The van der Waals surface area contributed by atoms with Gasteiger partial charge in [0.2, 0.25) is 0 Å². The van der Waals surface area contributed by atoms with Crippen molar-refractivity contribution in [2.75, 3.05) is 16.4 Å². The molecule has 0 unspecified atom stereocenters. The number of benzene rings is 2. The Hall–Kier alpha value is -0.800. The molecular formula is C18H14BrCl2FN2O2S2. The van der Waals surface area contributed by atoms with Crippen LogP contribution in [0, 0.1) is 5.82 Å². The van der Waals surface area contributed by atoms with Gasteiger partial charge in [-0.3, -0.25) is 4.99 Å². The Morgan fingerprint density at radius 3 is 2.57 bits per heavy atom. The van der Waals surface area contributed by atoms with Crippen LogP contribution in [0.4, 0.5) is 10.1 Å². The van der Waals surface area contributed by atoms with E-state index in [1.807, 2.05) is 4.90 Å². The molecule has 0 aromatic heterocycles. The molecule has 10 heteroatoms. The van der Waals surface area contributed by atoms with Crippen LogP contribution in [0.2, 0.25) is 10.0 Å². The predicted molar refractivity (Wildman–Crippen MR) is 118 cm³/mol. The minimum atomic E-state index is -3.16. The van der Waals surface area contributed by atoms with Crippen molar-refractivity contribution >= 4 is 71.6 Å². The number of thioether (sulfide) groups is 1. The molecule has 0 N–H and O–H groups in total. The lowest BCUT2D eigenvalue weighted by Gasteiger charge is -2.27. The molecule has 0 aliphatic carbocycles. The number of fused-ring (bicyclic) bond motifs is 1. The van der Waals surface area contributed by atoms with Crippen LogP contribution < -0.4 is 4.90 Å². The topological polar surface area (TPSA) is 49.7 Å². The van der Waals surface area contributed by atoms with Crippen LogP contribution in [-0.4, -0.2) is 37.2 Å². The molecule has 28 heavy (non-hydrogen) atoms. The summed E-state index contributed by atoms with van der Waals surface area (Å²) in [7, 11) is -3.16. The van der Waals surface area contributed by atoms with Gasteiger partial charge in [0, 0.05) is 26.0 Å². The van der Waals surface area contributed by atoms with E-state index in [-0.39, 0.29) is 29.4 Å². The lowest BCUT2D eigenvalue weighted by Crippen LogP contribution is -2.39. The number of halogens is 4. The summed E-state index contributed by atoms with van der Waals surface area (Å²) in [5.74, 6) is 0.0939. The van der Waals surface area contributed by atoms with E-state index in [9.17, 15) is 12.8 Å². The van der Waals surface area contributed by atoms with Gasteiger partial charge in [-0.2, -0.15) is 0 Å².